The van der Waals surface area contributed by atoms with Crippen molar-refractivity contribution in [2.75, 3.05) is 7.11 Å². The minimum Gasteiger partial charge on any atom is -0.497 e. The Morgan fingerprint density at radius 3 is 2.60 bits per heavy atom. The summed E-state index contributed by atoms with van der Waals surface area (Å²) in [7, 11) is 1.43. The fourth-order valence-electron chi connectivity index (χ4n) is 1.80. The summed E-state index contributed by atoms with van der Waals surface area (Å²) in [6.07, 6.45) is -0.0113. The maximum Gasteiger partial charge on any atom is 0.170 e. The first kappa shape index (κ1) is 14.8. The second-order valence-electron chi connectivity index (χ2n) is 4.18. The van der Waals surface area contributed by atoms with E-state index in [1.165, 1.54) is 25.3 Å². The van der Waals surface area contributed by atoms with E-state index in [2.05, 4.69) is 0 Å². The van der Waals surface area contributed by atoms with Gasteiger partial charge in [-0.25, -0.2) is 4.39 Å². The summed E-state index contributed by atoms with van der Waals surface area (Å²) < 4.78 is 18.7. The largest absolute Gasteiger partial charge is 0.497 e. The van der Waals surface area contributed by atoms with Gasteiger partial charge in [-0.05, 0) is 35.9 Å². The van der Waals surface area contributed by atoms with Crippen LogP contribution in [0, 0.1) is 5.82 Å². The zero-order valence-corrected chi connectivity index (χ0v) is 12.1. The van der Waals surface area contributed by atoms with E-state index < -0.39 is 5.82 Å². The number of hydrogen-bond donors (Lipinski definition) is 0. The van der Waals surface area contributed by atoms with Gasteiger partial charge >= 0.3 is 0 Å². The first-order valence-electron chi connectivity index (χ1n) is 5.82. The molecule has 0 spiro atoms. The highest BCUT2D eigenvalue weighted by Crippen LogP contribution is 2.23. The van der Waals surface area contributed by atoms with E-state index in [0.717, 1.165) is 0 Å². The van der Waals surface area contributed by atoms with Gasteiger partial charge in [-0.2, -0.15) is 0 Å². The van der Waals surface area contributed by atoms with Crippen molar-refractivity contribution in [3.63, 3.8) is 0 Å². The van der Waals surface area contributed by atoms with Crippen molar-refractivity contribution in [2.24, 2.45) is 0 Å². The van der Waals surface area contributed by atoms with Crippen molar-refractivity contribution in [3.8, 4) is 5.75 Å². The molecule has 20 heavy (non-hydrogen) atoms. The number of methoxy groups -OCH3 is 1. The number of ketones is 1. The van der Waals surface area contributed by atoms with Crippen LogP contribution < -0.4 is 4.74 Å². The second-order valence-corrected chi connectivity index (χ2v) is 5.03. The third-order valence-corrected chi connectivity index (χ3v) is 3.44. The van der Waals surface area contributed by atoms with Gasteiger partial charge < -0.3 is 4.74 Å². The minimum absolute atomic E-state index is 0.00171. The summed E-state index contributed by atoms with van der Waals surface area (Å²) in [5.74, 6) is -0.623. The molecule has 5 heteroatoms. The Kier molecular flexibility index (Phi) is 4.63. The lowest BCUT2D eigenvalue weighted by atomic mass is 10.0. The molecule has 0 atom stereocenters. The molecule has 0 amide bonds. The van der Waals surface area contributed by atoms with E-state index in [1.54, 1.807) is 18.2 Å². The van der Waals surface area contributed by atoms with Crippen LogP contribution in [-0.2, 0) is 6.42 Å². The predicted molar refractivity (Wildman–Crippen MR) is 77.4 cm³/mol. The van der Waals surface area contributed by atoms with Crippen molar-refractivity contribution in [1.82, 2.24) is 0 Å². The van der Waals surface area contributed by atoms with Crippen molar-refractivity contribution >= 4 is 29.0 Å². The number of carbonyl (C=O) groups excluding carboxylic acids is 1. The van der Waals surface area contributed by atoms with Gasteiger partial charge in [0.1, 0.15) is 11.6 Å². The topological polar surface area (TPSA) is 26.3 Å². The van der Waals surface area contributed by atoms with Gasteiger partial charge in [0.2, 0.25) is 0 Å². The Bertz CT molecular complexity index is 656. The molecule has 2 nitrogen and oxygen atoms in total. The number of ether oxygens (including phenoxy) is 1. The first-order valence-corrected chi connectivity index (χ1v) is 6.57. The standard InChI is InChI=1S/C15H11Cl2FO2/c1-20-11-3-4-12(14(18)8-11)15(19)7-9-6-10(16)2-5-13(9)17/h2-6,8H,7H2,1H3. The Morgan fingerprint density at radius 1 is 1.20 bits per heavy atom. The van der Waals surface area contributed by atoms with Crippen molar-refractivity contribution in [3.05, 3.63) is 63.4 Å². The third kappa shape index (κ3) is 3.30. The molecule has 0 saturated carbocycles. The summed E-state index contributed by atoms with van der Waals surface area (Å²) in [6, 6.07) is 8.95. The first-order chi connectivity index (χ1) is 9.51. The second kappa shape index (κ2) is 6.25. The summed E-state index contributed by atoms with van der Waals surface area (Å²) >= 11 is 11.8. The van der Waals surface area contributed by atoms with Gasteiger partial charge in [0.15, 0.2) is 5.78 Å². The summed E-state index contributed by atoms with van der Waals surface area (Å²) in [5, 5.41) is 0.907. The SMILES string of the molecule is COc1ccc(C(=O)Cc2cc(Cl)ccc2Cl)c(F)c1. The Morgan fingerprint density at radius 2 is 1.95 bits per heavy atom. The monoisotopic (exact) mass is 312 g/mol. The fraction of sp³-hybridized carbons (Fsp3) is 0.133. The van der Waals surface area contributed by atoms with Crippen molar-refractivity contribution in [1.29, 1.82) is 0 Å². The lowest BCUT2D eigenvalue weighted by Gasteiger charge is -2.07. The molecular weight excluding hydrogens is 302 g/mol. The third-order valence-electron chi connectivity index (χ3n) is 2.84. The molecule has 0 unspecified atom stereocenters. The van der Waals surface area contributed by atoms with Crippen molar-refractivity contribution < 1.29 is 13.9 Å². The highest BCUT2D eigenvalue weighted by molar-refractivity contribution is 6.33. The quantitative estimate of drug-likeness (QED) is 0.773. The molecular formula is C15H11Cl2FO2. The van der Waals surface area contributed by atoms with Crippen LogP contribution in [0.5, 0.6) is 5.75 Å². The van der Waals surface area contributed by atoms with E-state index in [0.29, 0.717) is 21.4 Å². The van der Waals surface area contributed by atoms with Crippen LogP contribution in [0.4, 0.5) is 4.39 Å². The molecule has 104 valence electrons. The van der Waals surface area contributed by atoms with Gasteiger partial charge in [0.25, 0.3) is 0 Å². The van der Waals surface area contributed by atoms with Crippen LogP contribution in [-0.4, -0.2) is 12.9 Å². The molecule has 0 heterocycles. The molecule has 0 aliphatic rings. The molecule has 2 aromatic carbocycles. The number of rotatable bonds is 4. The molecule has 0 aliphatic carbocycles. The zero-order valence-electron chi connectivity index (χ0n) is 10.6. The summed E-state index contributed by atoms with van der Waals surface area (Å²) in [6.45, 7) is 0. The number of hydrogen-bond acceptors (Lipinski definition) is 2. The van der Waals surface area contributed by atoms with Crippen LogP contribution in [0.3, 0.4) is 0 Å². The van der Waals surface area contributed by atoms with E-state index in [9.17, 15) is 9.18 Å². The summed E-state index contributed by atoms with van der Waals surface area (Å²) in [5.41, 5.74) is 0.571. The van der Waals surface area contributed by atoms with Crippen LogP contribution in [0.25, 0.3) is 0 Å². The molecule has 2 aromatic rings. The smallest absolute Gasteiger partial charge is 0.170 e. The van der Waals surface area contributed by atoms with Crippen LogP contribution >= 0.6 is 23.2 Å². The molecule has 2 rings (SSSR count). The molecule has 0 fully saturated rings. The average Bonchev–Trinajstić information content (AvgIpc) is 2.42. The number of halogens is 3. The molecule has 0 aromatic heterocycles. The van der Waals surface area contributed by atoms with Gasteiger partial charge in [-0.15, -0.1) is 0 Å². The maximum atomic E-state index is 13.8. The normalized spacial score (nSPS) is 10.4. The lowest BCUT2D eigenvalue weighted by molar-refractivity contribution is 0.0989. The Hall–Kier alpha value is -1.58. The van der Waals surface area contributed by atoms with Gasteiger partial charge in [-0.1, -0.05) is 23.2 Å². The van der Waals surface area contributed by atoms with Crippen molar-refractivity contribution in [2.45, 2.75) is 6.42 Å². The van der Waals surface area contributed by atoms with E-state index in [-0.39, 0.29) is 17.8 Å². The van der Waals surface area contributed by atoms with E-state index in [4.69, 9.17) is 27.9 Å². The highest BCUT2D eigenvalue weighted by atomic mass is 35.5. The average molecular weight is 313 g/mol. The number of benzene rings is 2. The number of carbonyl (C=O) groups is 1. The maximum absolute atomic E-state index is 13.8. The lowest BCUT2D eigenvalue weighted by Crippen LogP contribution is -2.07. The zero-order chi connectivity index (χ0) is 14.7. The van der Waals surface area contributed by atoms with Gasteiger partial charge in [0.05, 0.1) is 12.7 Å². The highest BCUT2D eigenvalue weighted by Gasteiger charge is 2.15. The molecule has 0 aliphatic heterocycles. The fourth-order valence-corrected chi connectivity index (χ4v) is 2.17. The predicted octanol–water partition coefficient (Wildman–Crippen LogP) is 4.57. The molecule has 0 saturated heterocycles. The number of Topliss-reactive ketones (excluding diaryl/α,β-unsaturated/α-hetero) is 1. The molecule has 0 radical (unpaired) electrons. The van der Waals surface area contributed by atoms with Gasteiger partial charge in [0, 0.05) is 22.5 Å². The minimum atomic E-state index is -0.618. The van der Waals surface area contributed by atoms with Crippen LogP contribution in [0.2, 0.25) is 10.0 Å². The summed E-state index contributed by atoms with van der Waals surface area (Å²) in [4.78, 5) is 12.1. The van der Waals surface area contributed by atoms with Crippen LogP contribution in [0.1, 0.15) is 15.9 Å². The van der Waals surface area contributed by atoms with Gasteiger partial charge in [-0.3, -0.25) is 4.79 Å². The Balaban J connectivity index is 2.26. The van der Waals surface area contributed by atoms with Crippen LogP contribution in [0.15, 0.2) is 36.4 Å². The Labute approximate surface area is 126 Å². The molecule has 0 N–H and O–H groups in total. The molecule has 0 bridgehead atoms. The van der Waals surface area contributed by atoms with E-state index in [1.807, 2.05) is 0 Å². The van der Waals surface area contributed by atoms with E-state index >= 15 is 0 Å².